The van der Waals surface area contributed by atoms with Crippen LogP contribution in [-0.2, 0) is 0 Å². The molecule has 1 rings (SSSR count). The molecule has 0 nitrogen and oxygen atoms in total. The predicted molar refractivity (Wildman–Crippen MR) is 44.2 cm³/mol. The molecular weight excluding hydrogens is 120 g/mol. The number of allylic oxidation sites excluding steroid dienone is 3. The summed E-state index contributed by atoms with van der Waals surface area (Å²) in [6, 6.07) is 0. The lowest BCUT2D eigenvalue weighted by atomic mass is 10.1. The molecule has 0 fully saturated rings. The van der Waals surface area contributed by atoms with Crippen molar-refractivity contribution in [2.75, 3.05) is 0 Å². The van der Waals surface area contributed by atoms with Gasteiger partial charge in [0.2, 0.25) is 0 Å². The van der Waals surface area contributed by atoms with Gasteiger partial charge in [0, 0.05) is 6.42 Å². The molecule has 0 bridgehead atoms. The van der Waals surface area contributed by atoms with Crippen LogP contribution >= 0.6 is 0 Å². The van der Waals surface area contributed by atoms with E-state index in [4.69, 9.17) is 6.42 Å². The highest BCUT2D eigenvalue weighted by Gasteiger charge is 2.13. The molecule has 0 atom stereocenters. The summed E-state index contributed by atoms with van der Waals surface area (Å²) in [5.74, 6) is 2.63. The van der Waals surface area contributed by atoms with E-state index in [1.165, 1.54) is 16.7 Å². The van der Waals surface area contributed by atoms with Crippen molar-refractivity contribution in [2.45, 2.75) is 19.8 Å². The van der Waals surface area contributed by atoms with Crippen LogP contribution in [0.3, 0.4) is 0 Å². The Kier molecular flexibility index (Phi) is 1.97. The fourth-order valence-electron chi connectivity index (χ4n) is 1.17. The molecule has 0 heteroatoms. The molecule has 1 aliphatic carbocycles. The summed E-state index contributed by atoms with van der Waals surface area (Å²) in [6.45, 7) is 6.01. The van der Waals surface area contributed by atoms with Crippen molar-refractivity contribution in [1.29, 1.82) is 0 Å². The Hall–Kier alpha value is -0.960. The minimum Gasteiger partial charge on any atom is -0.120 e. The van der Waals surface area contributed by atoms with Gasteiger partial charge in [-0.2, -0.15) is 0 Å². The first kappa shape index (κ1) is 7.15. The van der Waals surface area contributed by atoms with Crippen LogP contribution in [0.25, 0.3) is 0 Å². The normalized spacial score (nSPS) is 17.8. The lowest BCUT2D eigenvalue weighted by molar-refractivity contribution is 1.21. The SMILES string of the molecule is C#CCC1=C(C)[CH]CC1=C. The van der Waals surface area contributed by atoms with E-state index < -0.39 is 0 Å². The molecule has 0 spiro atoms. The van der Waals surface area contributed by atoms with Crippen molar-refractivity contribution >= 4 is 0 Å². The monoisotopic (exact) mass is 131 g/mol. The maximum Gasteiger partial charge on any atom is 0.0339 e. The molecule has 0 aromatic carbocycles. The predicted octanol–water partition coefficient (Wildman–Crippen LogP) is 2.49. The van der Waals surface area contributed by atoms with Crippen LogP contribution in [0.4, 0.5) is 0 Å². The zero-order chi connectivity index (χ0) is 7.56. The van der Waals surface area contributed by atoms with Gasteiger partial charge >= 0.3 is 0 Å². The molecule has 0 aromatic heterocycles. The summed E-state index contributed by atoms with van der Waals surface area (Å²) in [7, 11) is 0. The van der Waals surface area contributed by atoms with Gasteiger partial charge in [0.05, 0.1) is 0 Å². The van der Waals surface area contributed by atoms with Gasteiger partial charge in [-0.05, 0) is 25.3 Å². The molecule has 10 heavy (non-hydrogen) atoms. The van der Waals surface area contributed by atoms with Crippen molar-refractivity contribution in [2.24, 2.45) is 0 Å². The fraction of sp³-hybridized carbons (Fsp3) is 0.300. The summed E-state index contributed by atoms with van der Waals surface area (Å²) < 4.78 is 0. The van der Waals surface area contributed by atoms with E-state index in [-0.39, 0.29) is 0 Å². The zero-order valence-corrected chi connectivity index (χ0v) is 6.28. The molecule has 0 N–H and O–H groups in total. The lowest BCUT2D eigenvalue weighted by Gasteiger charge is -1.97. The van der Waals surface area contributed by atoms with E-state index in [1.54, 1.807) is 0 Å². The summed E-state index contributed by atoms with van der Waals surface area (Å²) in [5, 5.41) is 0. The minimum absolute atomic E-state index is 0.737. The summed E-state index contributed by atoms with van der Waals surface area (Å²) >= 11 is 0. The molecule has 0 heterocycles. The molecule has 51 valence electrons. The van der Waals surface area contributed by atoms with Crippen molar-refractivity contribution < 1.29 is 0 Å². The standard InChI is InChI=1S/C10H11/c1-4-5-10-8(2)6-7-9(10)3/h1,7H,2,5-6H2,3H3. The third-order valence-corrected chi connectivity index (χ3v) is 1.84. The van der Waals surface area contributed by atoms with E-state index in [9.17, 15) is 0 Å². The van der Waals surface area contributed by atoms with Crippen LogP contribution in [0.15, 0.2) is 23.3 Å². The Balaban J connectivity index is 2.80. The first-order valence-corrected chi connectivity index (χ1v) is 3.40. The fourth-order valence-corrected chi connectivity index (χ4v) is 1.17. The topological polar surface area (TPSA) is 0 Å². The summed E-state index contributed by atoms with van der Waals surface area (Å²) in [6.07, 6.45) is 9.10. The van der Waals surface area contributed by atoms with E-state index in [0.29, 0.717) is 0 Å². The molecular formula is C10H11. The van der Waals surface area contributed by atoms with Gasteiger partial charge in [0.15, 0.2) is 0 Å². The van der Waals surface area contributed by atoms with Crippen molar-refractivity contribution in [3.63, 3.8) is 0 Å². The van der Waals surface area contributed by atoms with Gasteiger partial charge < -0.3 is 0 Å². The van der Waals surface area contributed by atoms with Gasteiger partial charge in [-0.15, -0.1) is 12.3 Å². The van der Waals surface area contributed by atoms with Gasteiger partial charge in [0.1, 0.15) is 0 Å². The average Bonchev–Trinajstić information content (AvgIpc) is 2.20. The highest BCUT2D eigenvalue weighted by atomic mass is 14.2. The van der Waals surface area contributed by atoms with Gasteiger partial charge in [-0.1, -0.05) is 17.7 Å². The summed E-state index contributed by atoms with van der Waals surface area (Å²) in [4.78, 5) is 0. The smallest absolute Gasteiger partial charge is 0.0339 e. The Morgan fingerprint density at radius 2 is 2.50 bits per heavy atom. The molecule has 1 aliphatic rings. The van der Waals surface area contributed by atoms with Gasteiger partial charge in [-0.25, -0.2) is 0 Å². The maximum absolute atomic E-state index is 5.19. The molecule has 0 amide bonds. The largest absolute Gasteiger partial charge is 0.120 e. The first-order chi connectivity index (χ1) is 4.75. The summed E-state index contributed by atoms with van der Waals surface area (Å²) in [5.41, 5.74) is 3.76. The quantitative estimate of drug-likeness (QED) is 0.479. The molecule has 0 unspecified atom stereocenters. The van der Waals surface area contributed by atoms with Crippen LogP contribution in [0.5, 0.6) is 0 Å². The lowest BCUT2D eigenvalue weighted by Crippen LogP contribution is -1.80. The molecule has 1 radical (unpaired) electrons. The van der Waals surface area contributed by atoms with E-state index in [2.05, 4.69) is 25.8 Å². The average molecular weight is 131 g/mol. The third-order valence-electron chi connectivity index (χ3n) is 1.84. The van der Waals surface area contributed by atoms with E-state index >= 15 is 0 Å². The molecule has 0 aliphatic heterocycles. The zero-order valence-electron chi connectivity index (χ0n) is 6.28. The van der Waals surface area contributed by atoms with Crippen molar-refractivity contribution in [1.82, 2.24) is 0 Å². The first-order valence-electron chi connectivity index (χ1n) is 3.40. The highest BCUT2D eigenvalue weighted by Crippen LogP contribution is 2.30. The second kappa shape index (κ2) is 2.75. The molecule has 0 saturated heterocycles. The minimum atomic E-state index is 0.737. The van der Waals surface area contributed by atoms with Crippen LogP contribution in [0, 0.1) is 18.8 Å². The van der Waals surface area contributed by atoms with Crippen LogP contribution in [-0.4, -0.2) is 0 Å². The van der Waals surface area contributed by atoms with Crippen LogP contribution in [0.1, 0.15) is 19.8 Å². The number of hydrogen-bond donors (Lipinski definition) is 0. The Labute approximate surface area is 62.6 Å². The number of terminal acetylenes is 1. The third kappa shape index (κ3) is 1.14. The van der Waals surface area contributed by atoms with Gasteiger partial charge in [0.25, 0.3) is 0 Å². The van der Waals surface area contributed by atoms with Crippen LogP contribution in [0.2, 0.25) is 0 Å². The highest BCUT2D eigenvalue weighted by molar-refractivity contribution is 5.45. The Bertz CT molecular complexity index is 223. The van der Waals surface area contributed by atoms with Gasteiger partial charge in [-0.3, -0.25) is 0 Å². The van der Waals surface area contributed by atoms with E-state index in [0.717, 1.165) is 12.8 Å². The number of hydrogen-bond acceptors (Lipinski definition) is 0. The van der Waals surface area contributed by atoms with E-state index in [1.807, 2.05) is 0 Å². The second-order valence-corrected chi connectivity index (χ2v) is 2.55. The second-order valence-electron chi connectivity index (χ2n) is 2.55. The Morgan fingerprint density at radius 1 is 1.80 bits per heavy atom. The maximum atomic E-state index is 5.19. The molecule has 0 aromatic rings. The molecule has 0 saturated carbocycles. The van der Waals surface area contributed by atoms with Crippen molar-refractivity contribution in [3.8, 4) is 12.3 Å². The number of rotatable bonds is 1. The van der Waals surface area contributed by atoms with Crippen molar-refractivity contribution in [3.05, 3.63) is 29.7 Å². The Morgan fingerprint density at radius 3 is 2.90 bits per heavy atom. The van der Waals surface area contributed by atoms with Crippen LogP contribution < -0.4 is 0 Å².